The molecule has 1 unspecified atom stereocenters. The maximum absolute atomic E-state index is 13.5. The van der Waals surface area contributed by atoms with Crippen LogP contribution in [0.1, 0.15) is 12.0 Å². The average Bonchev–Trinajstić information content (AvgIpc) is 3.36. The van der Waals surface area contributed by atoms with Crippen LogP contribution in [0.5, 0.6) is 0 Å². The number of hydrogen-bond acceptors (Lipinski definition) is 8. The van der Waals surface area contributed by atoms with Crippen LogP contribution in [0.2, 0.25) is 0 Å². The highest BCUT2D eigenvalue weighted by Crippen LogP contribution is 2.63. The minimum absolute atomic E-state index is 0. The zero-order valence-corrected chi connectivity index (χ0v) is 19.5. The number of nitrogens with one attached hydrogen (secondary N) is 1. The SMILES string of the molecule is CN1c2cc(-c3nc(N4CCNCC4)ccc3C#N)ccc2N(CC2CC2(F)F)S1(O)O.Cl. The molecule has 0 amide bonds. The molecule has 0 spiro atoms. The molecular weight excluding hydrogens is 474 g/mol. The van der Waals surface area contributed by atoms with Crippen LogP contribution in [0, 0.1) is 17.2 Å². The van der Waals surface area contributed by atoms with Gasteiger partial charge in [0, 0.05) is 57.7 Å². The van der Waals surface area contributed by atoms with Crippen molar-refractivity contribution in [2.45, 2.75) is 12.3 Å². The number of nitrogens with zero attached hydrogens (tertiary/aromatic N) is 5. The lowest BCUT2D eigenvalue weighted by molar-refractivity contribution is 0.101. The molecule has 3 heterocycles. The third-order valence-corrected chi connectivity index (χ3v) is 8.17. The molecule has 3 N–H and O–H groups in total. The van der Waals surface area contributed by atoms with Crippen molar-refractivity contribution in [2.24, 2.45) is 5.92 Å². The third kappa shape index (κ3) is 4.06. The maximum Gasteiger partial charge on any atom is 0.253 e. The Morgan fingerprint density at radius 1 is 1.21 bits per heavy atom. The van der Waals surface area contributed by atoms with Gasteiger partial charge < -0.3 is 10.2 Å². The standard InChI is InChI=1S/C21H24F2N6O2S.ClH/c1-27-18-10-14(2-4-17(18)29(32(27,30)31)13-16-11-21(16,22)23)20-15(12-24)3-5-19(26-20)28-8-6-25-7-9-28;/h2-5,10,16,25,30-31H,6-9,11,13H2,1H3;1H. The van der Waals surface area contributed by atoms with Crippen molar-refractivity contribution in [3.8, 4) is 17.3 Å². The molecule has 8 nitrogen and oxygen atoms in total. The van der Waals surface area contributed by atoms with Crippen LogP contribution in [-0.4, -0.2) is 59.8 Å². The summed E-state index contributed by atoms with van der Waals surface area (Å²) >= 11 is 0. The van der Waals surface area contributed by atoms with Crippen LogP contribution in [0.3, 0.4) is 0 Å². The van der Waals surface area contributed by atoms with Gasteiger partial charge in [0.25, 0.3) is 5.92 Å². The second kappa shape index (κ2) is 8.45. The van der Waals surface area contributed by atoms with E-state index >= 15 is 0 Å². The van der Waals surface area contributed by atoms with Crippen LogP contribution < -0.4 is 18.8 Å². The van der Waals surface area contributed by atoms with E-state index in [0.29, 0.717) is 28.2 Å². The molecule has 3 aliphatic rings. The third-order valence-electron chi connectivity index (χ3n) is 6.30. The normalized spacial score (nSPS) is 23.4. The van der Waals surface area contributed by atoms with Crippen LogP contribution >= 0.6 is 23.4 Å². The van der Waals surface area contributed by atoms with Crippen molar-refractivity contribution in [3.05, 3.63) is 35.9 Å². The molecule has 0 radical (unpaired) electrons. The van der Waals surface area contributed by atoms with Gasteiger partial charge in [-0.05, 0) is 35.2 Å². The van der Waals surface area contributed by atoms with Gasteiger partial charge >= 0.3 is 0 Å². The van der Waals surface area contributed by atoms with Crippen LogP contribution in [0.15, 0.2) is 30.3 Å². The topological polar surface area (TPSA) is 98.9 Å². The monoisotopic (exact) mass is 498 g/mol. The molecule has 2 fully saturated rings. The Bertz CT molecular complexity index is 1110. The lowest BCUT2D eigenvalue weighted by atomic mass is 10.0. The number of nitriles is 1. The Hall–Kier alpha value is -2.36. The van der Waals surface area contributed by atoms with Crippen molar-refractivity contribution in [3.63, 3.8) is 0 Å². The van der Waals surface area contributed by atoms with Crippen molar-refractivity contribution in [2.75, 3.05) is 53.3 Å². The summed E-state index contributed by atoms with van der Waals surface area (Å²) in [5.41, 5.74) is 2.55. The van der Waals surface area contributed by atoms with E-state index in [-0.39, 0.29) is 25.4 Å². The fraction of sp³-hybridized carbons (Fsp3) is 0.429. The number of rotatable bonds is 4. The van der Waals surface area contributed by atoms with Gasteiger partial charge in [0.2, 0.25) is 0 Å². The molecule has 1 aromatic heterocycles. The Morgan fingerprint density at radius 2 is 1.91 bits per heavy atom. The van der Waals surface area contributed by atoms with E-state index in [9.17, 15) is 23.1 Å². The van der Waals surface area contributed by atoms with Crippen molar-refractivity contribution < 1.29 is 17.9 Å². The molecule has 12 heteroatoms. The van der Waals surface area contributed by atoms with Gasteiger partial charge in [-0.2, -0.15) is 5.26 Å². The zero-order valence-electron chi connectivity index (χ0n) is 17.9. The number of fused-ring (bicyclic) bond motifs is 1. The van der Waals surface area contributed by atoms with Crippen LogP contribution in [0.4, 0.5) is 26.0 Å². The maximum atomic E-state index is 13.5. The second-order valence-electron chi connectivity index (χ2n) is 8.33. The van der Waals surface area contributed by atoms with Crippen LogP contribution in [-0.2, 0) is 0 Å². The molecule has 1 aliphatic carbocycles. The predicted octanol–water partition coefficient (Wildman–Crippen LogP) is 3.94. The molecule has 2 aliphatic heterocycles. The van der Waals surface area contributed by atoms with E-state index in [4.69, 9.17) is 4.98 Å². The predicted molar refractivity (Wildman–Crippen MR) is 128 cm³/mol. The van der Waals surface area contributed by atoms with E-state index in [1.165, 1.54) is 15.7 Å². The van der Waals surface area contributed by atoms with Crippen LogP contribution in [0.25, 0.3) is 11.3 Å². The Balaban J connectivity index is 0.00000259. The first-order valence-electron chi connectivity index (χ1n) is 10.4. The number of piperazine rings is 1. The van der Waals surface area contributed by atoms with Gasteiger partial charge in [0.15, 0.2) is 0 Å². The first-order chi connectivity index (χ1) is 15.2. The highest BCUT2D eigenvalue weighted by Gasteiger charge is 2.59. The highest BCUT2D eigenvalue weighted by atomic mass is 35.5. The average molecular weight is 499 g/mol. The zero-order chi connectivity index (χ0) is 22.7. The molecule has 5 rings (SSSR count). The first kappa shape index (κ1) is 23.8. The summed E-state index contributed by atoms with van der Waals surface area (Å²) in [4.78, 5) is 6.89. The summed E-state index contributed by atoms with van der Waals surface area (Å²) in [6.45, 7) is 3.20. The molecule has 178 valence electrons. The van der Waals surface area contributed by atoms with E-state index in [1.54, 1.807) is 24.3 Å². The number of alkyl halides is 2. The number of aromatic nitrogens is 1. The molecular formula is C21H25ClF2N6O2S. The van der Waals surface area contributed by atoms with Crippen molar-refractivity contribution in [1.82, 2.24) is 10.3 Å². The lowest BCUT2D eigenvalue weighted by Gasteiger charge is -2.42. The highest BCUT2D eigenvalue weighted by molar-refractivity contribution is 8.26. The van der Waals surface area contributed by atoms with Gasteiger partial charge in [-0.1, -0.05) is 6.07 Å². The Morgan fingerprint density at radius 3 is 2.55 bits per heavy atom. The molecule has 1 saturated heterocycles. The Labute approximate surface area is 198 Å². The van der Waals surface area contributed by atoms with E-state index in [2.05, 4.69) is 16.3 Å². The molecule has 1 atom stereocenters. The van der Waals surface area contributed by atoms with Gasteiger partial charge in [-0.15, -0.1) is 12.4 Å². The van der Waals surface area contributed by atoms with Gasteiger partial charge in [-0.25, -0.2) is 13.8 Å². The minimum Gasteiger partial charge on any atom is -0.354 e. The molecule has 0 bridgehead atoms. The van der Waals surface area contributed by atoms with E-state index in [0.717, 1.165) is 32.0 Å². The van der Waals surface area contributed by atoms with Crippen molar-refractivity contribution >= 4 is 40.6 Å². The lowest BCUT2D eigenvalue weighted by Crippen LogP contribution is -2.43. The van der Waals surface area contributed by atoms with E-state index < -0.39 is 22.8 Å². The summed E-state index contributed by atoms with van der Waals surface area (Å²) in [7, 11) is -1.91. The fourth-order valence-electron chi connectivity index (χ4n) is 4.24. The second-order valence-corrected chi connectivity index (χ2v) is 10.3. The quantitative estimate of drug-likeness (QED) is 0.583. The molecule has 33 heavy (non-hydrogen) atoms. The molecule has 2 aromatic rings. The van der Waals surface area contributed by atoms with Gasteiger partial charge in [-0.3, -0.25) is 17.7 Å². The molecule has 1 saturated carbocycles. The minimum atomic E-state index is -3.44. The van der Waals surface area contributed by atoms with Gasteiger partial charge in [0.1, 0.15) is 11.9 Å². The largest absolute Gasteiger partial charge is 0.354 e. The number of pyridine rings is 1. The smallest absolute Gasteiger partial charge is 0.253 e. The summed E-state index contributed by atoms with van der Waals surface area (Å²) in [5.74, 6) is -2.88. The molecule has 1 aromatic carbocycles. The number of halogens is 3. The summed E-state index contributed by atoms with van der Waals surface area (Å²) in [6, 6.07) is 10.9. The summed E-state index contributed by atoms with van der Waals surface area (Å²) in [6.07, 6.45) is -0.246. The summed E-state index contributed by atoms with van der Waals surface area (Å²) in [5, 5.41) is 12.9. The van der Waals surface area contributed by atoms with E-state index in [1.807, 2.05) is 6.07 Å². The first-order valence-corrected chi connectivity index (χ1v) is 11.9. The summed E-state index contributed by atoms with van der Waals surface area (Å²) < 4.78 is 51.0. The Kier molecular flexibility index (Phi) is 6.09. The number of benzene rings is 1. The number of anilines is 3. The van der Waals surface area contributed by atoms with Crippen molar-refractivity contribution in [1.29, 1.82) is 5.26 Å². The fourth-order valence-corrected chi connectivity index (χ4v) is 5.75. The van der Waals surface area contributed by atoms with Gasteiger partial charge in [0.05, 0.1) is 22.6 Å². The number of hydrogen-bond donors (Lipinski definition) is 3.